The fourth-order valence-electron chi connectivity index (χ4n) is 1.50. The van der Waals surface area contributed by atoms with Crippen LogP contribution in [0.25, 0.3) is 0 Å². The van der Waals surface area contributed by atoms with Gasteiger partial charge >= 0.3 is 5.97 Å². The van der Waals surface area contributed by atoms with E-state index in [-0.39, 0.29) is 22.1 Å². The first-order chi connectivity index (χ1) is 9.12. The lowest BCUT2D eigenvalue weighted by atomic mass is 10.1. The molecule has 0 spiro atoms. The number of rotatable bonds is 5. The maximum absolute atomic E-state index is 12.0. The Morgan fingerprint density at radius 1 is 1.40 bits per heavy atom. The molecule has 0 heterocycles. The first-order valence-electron chi connectivity index (χ1n) is 6.13. The van der Waals surface area contributed by atoms with E-state index >= 15 is 0 Å². The highest BCUT2D eigenvalue weighted by atomic mass is 35.5. The first kappa shape index (κ1) is 16.9. The smallest absolute Gasteiger partial charge is 0.338 e. The van der Waals surface area contributed by atoms with Crippen molar-refractivity contribution in [2.24, 2.45) is 11.1 Å². The molecule has 20 heavy (non-hydrogen) atoms. The topological polar surface area (TPSA) is 86.5 Å². The summed E-state index contributed by atoms with van der Waals surface area (Å²) in [6.07, 6.45) is 0.730. The summed E-state index contributed by atoms with van der Waals surface area (Å²) >= 11 is 5.93. The van der Waals surface area contributed by atoms with Crippen LogP contribution in [0.4, 0.5) is 0 Å². The zero-order valence-corrected chi connectivity index (χ0v) is 13.2. The van der Waals surface area contributed by atoms with Gasteiger partial charge in [-0.2, -0.15) is 0 Å². The van der Waals surface area contributed by atoms with Gasteiger partial charge in [0.1, 0.15) is 0 Å². The Bertz CT molecular complexity index is 611. The number of primary sulfonamides is 1. The number of halogens is 1. The minimum Gasteiger partial charge on any atom is -0.462 e. The Kier molecular flexibility index (Phi) is 5.56. The number of benzene rings is 1. The summed E-state index contributed by atoms with van der Waals surface area (Å²) < 4.78 is 27.8. The van der Waals surface area contributed by atoms with E-state index in [4.69, 9.17) is 21.5 Å². The standard InChI is InChI=1S/C13H18ClNO4S/c1-8(2)4-5-19-13(16)11-6-10(20(15,17)18)7-12(14)9(11)3/h6-8H,4-5H2,1-3H3,(H2,15,17,18). The summed E-state index contributed by atoms with van der Waals surface area (Å²) in [5, 5.41) is 5.21. The fourth-order valence-corrected chi connectivity index (χ4v) is 2.34. The molecule has 0 unspecified atom stereocenters. The van der Waals surface area contributed by atoms with Crippen molar-refractivity contribution >= 4 is 27.6 Å². The Hall–Kier alpha value is -1.11. The molecule has 0 aromatic heterocycles. The van der Waals surface area contributed by atoms with Crippen LogP contribution in [0.2, 0.25) is 5.02 Å². The minimum absolute atomic E-state index is 0.116. The van der Waals surface area contributed by atoms with E-state index < -0.39 is 16.0 Å². The molecular formula is C13H18ClNO4S. The van der Waals surface area contributed by atoms with Crippen LogP contribution in [0.15, 0.2) is 17.0 Å². The van der Waals surface area contributed by atoms with Gasteiger partial charge in [0.2, 0.25) is 10.0 Å². The molecule has 0 aliphatic heterocycles. The highest BCUT2D eigenvalue weighted by molar-refractivity contribution is 7.89. The quantitative estimate of drug-likeness (QED) is 0.845. The number of nitrogens with two attached hydrogens (primary N) is 1. The molecule has 0 atom stereocenters. The van der Waals surface area contributed by atoms with Crippen molar-refractivity contribution in [1.82, 2.24) is 0 Å². The normalized spacial score (nSPS) is 11.7. The van der Waals surface area contributed by atoms with Gasteiger partial charge in [-0.25, -0.2) is 18.4 Å². The maximum atomic E-state index is 12.0. The van der Waals surface area contributed by atoms with Crippen LogP contribution in [0.3, 0.4) is 0 Å². The largest absolute Gasteiger partial charge is 0.462 e. The van der Waals surface area contributed by atoms with Gasteiger partial charge in [0.15, 0.2) is 0 Å². The van der Waals surface area contributed by atoms with E-state index in [9.17, 15) is 13.2 Å². The molecule has 0 aliphatic rings. The number of hydrogen-bond acceptors (Lipinski definition) is 4. The molecule has 0 saturated heterocycles. The zero-order valence-electron chi connectivity index (χ0n) is 11.6. The number of carbonyl (C=O) groups excluding carboxylic acids is 1. The third-order valence-corrected chi connectivity index (χ3v) is 4.08. The predicted octanol–water partition coefficient (Wildman–Crippen LogP) is 2.50. The zero-order chi connectivity index (χ0) is 15.5. The molecule has 5 nitrogen and oxygen atoms in total. The highest BCUT2D eigenvalue weighted by Gasteiger charge is 2.18. The third kappa shape index (κ3) is 4.47. The van der Waals surface area contributed by atoms with Gasteiger partial charge in [-0.05, 0) is 37.0 Å². The van der Waals surface area contributed by atoms with Crippen molar-refractivity contribution < 1.29 is 17.9 Å². The molecule has 0 saturated carbocycles. The van der Waals surface area contributed by atoms with E-state index in [0.29, 0.717) is 11.5 Å². The van der Waals surface area contributed by atoms with Gasteiger partial charge < -0.3 is 4.74 Å². The molecule has 7 heteroatoms. The second-order valence-corrected chi connectivity index (χ2v) is 6.91. The average Bonchev–Trinajstić information content (AvgIpc) is 2.30. The van der Waals surface area contributed by atoms with Crippen molar-refractivity contribution in [3.8, 4) is 0 Å². The summed E-state index contributed by atoms with van der Waals surface area (Å²) in [4.78, 5) is 11.8. The monoisotopic (exact) mass is 319 g/mol. The molecule has 0 bridgehead atoms. The molecule has 1 rings (SSSR count). The second kappa shape index (κ2) is 6.56. The highest BCUT2D eigenvalue weighted by Crippen LogP contribution is 2.24. The van der Waals surface area contributed by atoms with Crippen molar-refractivity contribution in [1.29, 1.82) is 0 Å². The number of carbonyl (C=O) groups is 1. The molecule has 1 aromatic carbocycles. The van der Waals surface area contributed by atoms with Crippen LogP contribution >= 0.6 is 11.6 Å². The van der Waals surface area contributed by atoms with Crippen LogP contribution < -0.4 is 5.14 Å². The summed E-state index contributed by atoms with van der Waals surface area (Å²) in [6, 6.07) is 2.41. The molecule has 0 aliphatic carbocycles. The fraction of sp³-hybridized carbons (Fsp3) is 0.462. The van der Waals surface area contributed by atoms with Crippen LogP contribution in [0.1, 0.15) is 36.2 Å². The number of hydrogen-bond donors (Lipinski definition) is 1. The lowest BCUT2D eigenvalue weighted by Gasteiger charge is -2.11. The second-order valence-electron chi connectivity index (χ2n) is 4.94. The number of ether oxygens (including phenoxy) is 1. The summed E-state index contributed by atoms with van der Waals surface area (Å²) in [7, 11) is -3.92. The van der Waals surface area contributed by atoms with E-state index in [2.05, 4.69) is 0 Å². The van der Waals surface area contributed by atoms with Crippen molar-refractivity contribution in [3.63, 3.8) is 0 Å². The average molecular weight is 320 g/mol. The van der Waals surface area contributed by atoms with E-state index in [0.717, 1.165) is 6.42 Å². The molecule has 2 N–H and O–H groups in total. The number of sulfonamides is 1. The van der Waals surface area contributed by atoms with Crippen LogP contribution in [0.5, 0.6) is 0 Å². The Morgan fingerprint density at radius 3 is 2.50 bits per heavy atom. The number of esters is 1. The SMILES string of the molecule is Cc1c(Cl)cc(S(N)(=O)=O)cc1C(=O)OCCC(C)C. The van der Waals surface area contributed by atoms with Crippen molar-refractivity contribution in [3.05, 3.63) is 28.3 Å². The van der Waals surface area contributed by atoms with Crippen LogP contribution in [-0.2, 0) is 14.8 Å². The van der Waals surface area contributed by atoms with E-state index in [1.165, 1.54) is 12.1 Å². The van der Waals surface area contributed by atoms with Gasteiger partial charge in [-0.15, -0.1) is 0 Å². The lowest BCUT2D eigenvalue weighted by molar-refractivity contribution is 0.0487. The summed E-state index contributed by atoms with van der Waals surface area (Å²) in [6.45, 7) is 5.91. The van der Waals surface area contributed by atoms with E-state index in [1.807, 2.05) is 13.8 Å². The molecule has 112 valence electrons. The predicted molar refractivity (Wildman–Crippen MR) is 77.3 cm³/mol. The first-order valence-corrected chi connectivity index (χ1v) is 8.05. The molecule has 0 fully saturated rings. The van der Waals surface area contributed by atoms with Gasteiger partial charge in [-0.1, -0.05) is 25.4 Å². The van der Waals surface area contributed by atoms with Crippen molar-refractivity contribution in [2.45, 2.75) is 32.1 Å². The Labute approximate surface area is 124 Å². The minimum atomic E-state index is -3.92. The van der Waals surface area contributed by atoms with Crippen LogP contribution in [0, 0.1) is 12.8 Å². The molecular weight excluding hydrogens is 302 g/mol. The van der Waals surface area contributed by atoms with Gasteiger partial charge in [0, 0.05) is 5.02 Å². The third-order valence-electron chi connectivity index (χ3n) is 2.79. The lowest BCUT2D eigenvalue weighted by Crippen LogP contribution is -2.15. The molecule has 1 aromatic rings. The summed E-state index contributed by atoms with van der Waals surface area (Å²) in [5.41, 5.74) is 0.582. The maximum Gasteiger partial charge on any atom is 0.338 e. The van der Waals surface area contributed by atoms with Gasteiger partial charge in [0.05, 0.1) is 17.1 Å². The van der Waals surface area contributed by atoms with E-state index in [1.54, 1.807) is 6.92 Å². The van der Waals surface area contributed by atoms with Gasteiger partial charge in [0.25, 0.3) is 0 Å². The Balaban J connectivity index is 3.05. The molecule has 0 radical (unpaired) electrons. The Morgan fingerprint density at radius 2 is 2.00 bits per heavy atom. The van der Waals surface area contributed by atoms with Crippen LogP contribution in [-0.4, -0.2) is 21.0 Å². The van der Waals surface area contributed by atoms with Gasteiger partial charge in [-0.3, -0.25) is 0 Å². The summed E-state index contributed by atoms with van der Waals surface area (Å²) in [5.74, 6) is -0.196. The van der Waals surface area contributed by atoms with Crippen molar-refractivity contribution in [2.75, 3.05) is 6.61 Å². The molecule has 0 amide bonds.